The van der Waals surface area contributed by atoms with Crippen molar-refractivity contribution >= 4 is 12.0 Å². The van der Waals surface area contributed by atoms with Gasteiger partial charge >= 0.3 is 0 Å². The SMILES string of the molecule is CC=Cc1ccc(OCC(=O)N(CC)Cc2ccccc2)c(OC)c1. The Hall–Kier alpha value is -2.75. The molecule has 4 nitrogen and oxygen atoms in total. The Morgan fingerprint density at radius 1 is 1.12 bits per heavy atom. The summed E-state index contributed by atoms with van der Waals surface area (Å²) in [6.07, 6.45) is 3.94. The van der Waals surface area contributed by atoms with E-state index in [4.69, 9.17) is 9.47 Å². The number of methoxy groups -OCH3 is 1. The topological polar surface area (TPSA) is 38.8 Å². The Kier molecular flexibility index (Phi) is 7.08. The molecule has 0 heterocycles. The Balaban J connectivity index is 2.00. The molecule has 0 unspecified atom stereocenters. The predicted molar refractivity (Wildman–Crippen MR) is 101 cm³/mol. The van der Waals surface area contributed by atoms with Crippen molar-refractivity contribution in [2.75, 3.05) is 20.3 Å². The summed E-state index contributed by atoms with van der Waals surface area (Å²) in [7, 11) is 1.59. The Labute approximate surface area is 149 Å². The molecule has 0 saturated carbocycles. The first-order valence-corrected chi connectivity index (χ1v) is 8.43. The second-order valence-electron chi connectivity index (χ2n) is 5.59. The molecule has 2 aromatic rings. The lowest BCUT2D eigenvalue weighted by Crippen LogP contribution is -2.34. The molecule has 25 heavy (non-hydrogen) atoms. The highest BCUT2D eigenvalue weighted by atomic mass is 16.5. The van der Waals surface area contributed by atoms with Crippen molar-refractivity contribution in [2.45, 2.75) is 20.4 Å². The Bertz CT molecular complexity index is 710. The fourth-order valence-corrected chi connectivity index (χ4v) is 2.51. The van der Waals surface area contributed by atoms with Crippen LogP contribution in [0.25, 0.3) is 6.08 Å². The van der Waals surface area contributed by atoms with Gasteiger partial charge in [-0.05, 0) is 37.1 Å². The largest absolute Gasteiger partial charge is 0.493 e. The van der Waals surface area contributed by atoms with Crippen LogP contribution in [-0.4, -0.2) is 31.1 Å². The van der Waals surface area contributed by atoms with Gasteiger partial charge < -0.3 is 14.4 Å². The molecule has 132 valence electrons. The average molecular weight is 339 g/mol. The van der Waals surface area contributed by atoms with Crippen LogP contribution in [0.2, 0.25) is 0 Å². The van der Waals surface area contributed by atoms with E-state index in [0.29, 0.717) is 24.6 Å². The molecule has 0 fully saturated rings. The summed E-state index contributed by atoms with van der Waals surface area (Å²) in [5.74, 6) is 1.14. The first-order chi connectivity index (χ1) is 12.2. The van der Waals surface area contributed by atoms with Crippen LogP contribution in [0, 0.1) is 0 Å². The molecular weight excluding hydrogens is 314 g/mol. The number of ether oxygens (including phenoxy) is 2. The molecular formula is C21H25NO3. The standard InChI is InChI=1S/C21H25NO3/c1-4-9-17-12-13-19(20(14-17)24-3)25-16-21(23)22(5-2)15-18-10-7-6-8-11-18/h4,6-14H,5,15-16H2,1-3H3. The summed E-state index contributed by atoms with van der Waals surface area (Å²) in [5, 5.41) is 0. The molecule has 2 aromatic carbocycles. The predicted octanol–water partition coefficient (Wildman–Crippen LogP) is 4.16. The van der Waals surface area contributed by atoms with Crippen LogP contribution >= 0.6 is 0 Å². The van der Waals surface area contributed by atoms with Gasteiger partial charge in [0.15, 0.2) is 18.1 Å². The fraction of sp³-hybridized carbons (Fsp3) is 0.286. The van der Waals surface area contributed by atoms with Crippen LogP contribution in [0.15, 0.2) is 54.6 Å². The van der Waals surface area contributed by atoms with Gasteiger partial charge in [-0.1, -0.05) is 48.6 Å². The molecule has 0 aromatic heterocycles. The second-order valence-corrected chi connectivity index (χ2v) is 5.59. The third-order valence-electron chi connectivity index (χ3n) is 3.85. The second kappa shape index (κ2) is 9.52. The van der Waals surface area contributed by atoms with Gasteiger partial charge in [0.05, 0.1) is 7.11 Å². The minimum atomic E-state index is -0.0501. The lowest BCUT2D eigenvalue weighted by Gasteiger charge is -2.21. The number of hydrogen-bond donors (Lipinski definition) is 0. The van der Waals surface area contributed by atoms with Crippen molar-refractivity contribution < 1.29 is 14.3 Å². The zero-order valence-electron chi connectivity index (χ0n) is 15.1. The molecule has 2 rings (SSSR count). The summed E-state index contributed by atoms with van der Waals surface area (Å²) < 4.78 is 11.1. The van der Waals surface area contributed by atoms with Gasteiger partial charge in [-0.2, -0.15) is 0 Å². The molecule has 0 aliphatic carbocycles. The number of carbonyl (C=O) groups is 1. The van der Waals surface area contributed by atoms with Crippen LogP contribution in [0.1, 0.15) is 25.0 Å². The molecule has 0 aliphatic rings. The third kappa shape index (κ3) is 5.38. The van der Waals surface area contributed by atoms with Crippen molar-refractivity contribution in [1.82, 2.24) is 4.90 Å². The van der Waals surface area contributed by atoms with Gasteiger partial charge in [0.25, 0.3) is 5.91 Å². The molecule has 0 spiro atoms. The monoisotopic (exact) mass is 339 g/mol. The number of allylic oxidation sites excluding steroid dienone is 1. The number of hydrogen-bond acceptors (Lipinski definition) is 3. The molecule has 0 N–H and O–H groups in total. The van der Waals surface area contributed by atoms with E-state index < -0.39 is 0 Å². The first-order valence-electron chi connectivity index (χ1n) is 8.43. The van der Waals surface area contributed by atoms with Crippen LogP contribution in [0.3, 0.4) is 0 Å². The highest BCUT2D eigenvalue weighted by molar-refractivity contribution is 5.77. The summed E-state index contributed by atoms with van der Waals surface area (Å²) in [6.45, 7) is 5.13. The van der Waals surface area contributed by atoms with Crippen LogP contribution in [0.5, 0.6) is 11.5 Å². The van der Waals surface area contributed by atoms with Gasteiger partial charge in [-0.15, -0.1) is 0 Å². The van der Waals surface area contributed by atoms with Crippen molar-refractivity contribution in [3.05, 3.63) is 65.7 Å². The molecule has 0 saturated heterocycles. The van der Waals surface area contributed by atoms with E-state index >= 15 is 0 Å². The van der Waals surface area contributed by atoms with Crippen molar-refractivity contribution in [1.29, 1.82) is 0 Å². The highest BCUT2D eigenvalue weighted by Gasteiger charge is 2.14. The molecule has 0 aliphatic heterocycles. The van der Waals surface area contributed by atoms with E-state index in [1.807, 2.05) is 74.5 Å². The van der Waals surface area contributed by atoms with Crippen LogP contribution < -0.4 is 9.47 Å². The van der Waals surface area contributed by atoms with Gasteiger partial charge in [0.2, 0.25) is 0 Å². The normalized spacial score (nSPS) is 10.7. The number of carbonyl (C=O) groups excluding carboxylic acids is 1. The molecule has 1 amide bonds. The molecule has 0 radical (unpaired) electrons. The van der Waals surface area contributed by atoms with Crippen LogP contribution in [0.4, 0.5) is 0 Å². The van der Waals surface area contributed by atoms with E-state index in [9.17, 15) is 4.79 Å². The lowest BCUT2D eigenvalue weighted by atomic mass is 10.2. The summed E-state index contributed by atoms with van der Waals surface area (Å²) in [6, 6.07) is 15.6. The summed E-state index contributed by atoms with van der Waals surface area (Å²) >= 11 is 0. The maximum Gasteiger partial charge on any atom is 0.260 e. The van der Waals surface area contributed by atoms with E-state index in [1.165, 1.54) is 0 Å². The summed E-state index contributed by atoms with van der Waals surface area (Å²) in [4.78, 5) is 14.2. The van der Waals surface area contributed by atoms with Crippen LogP contribution in [-0.2, 0) is 11.3 Å². The van der Waals surface area contributed by atoms with Crippen molar-refractivity contribution in [3.63, 3.8) is 0 Å². The van der Waals surface area contributed by atoms with Crippen molar-refractivity contribution in [3.8, 4) is 11.5 Å². The number of benzene rings is 2. The average Bonchev–Trinajstić information content (AvgIpc) is 2.65. The van der Waals surface area contributed by atoms with E-state index in [0.717, 1.165) is 11.1 Å². The fourth-order valence-electron chi connectivity index (χ4n) is 2.51. The first kappa shape index (κ1) is 18.6. The Morgan fingerprint density at radius 3 is 2.52 bits per heavy atom. The zero-order valence-corrected chi connectivity index (χ0v) is 15.1. The van der Waals surface area contributed by atoms with Gasteiger partial charge in [-0.3, -0.25) is 4.79 Å². The number of likely N-dealkylation sites (N-methyl/N-ethyl adjacent to an activating group) is 1. The molecule has 0 bridgehead atoms. The zero-order chi connectivity index (χ0) is 18.1. The maximum atomic E-state index is 12.5. The van der Waals surface area contributed by atoms with E-state index in [-0.39, 0.29) is 12.5 Å². The highest BCUT2D eigenvalue weighted by Crippen LogP contribution is 2.28. The van der Waals surface area contributed by atoms with Gasteiger partial charge in [0, 0.05) is 13.1 Å². The third-order valence-corrected chi connectivity index (χ3v) is 3.85. The number of amides is 1. The quantitative estimate of drug-likeness (QED) is 0.725. The minimum absolute atomic E-state index is 0.0139. The molecule has 4 heteroatoms. The summed E-state index contributed by atoms with van der Waals surface area (Å²) in [5.41, 5.74) is 2.13. The minimum Gasteiger partial charge on any atom is -0.493 e. The lowest BCUT2D eigenvalue weighted by molar-refractivity contribution is -0.133. The molecule has 0 atom stereocenters. The number of rotatable bonds is 8. The maximum absolute atomic E-state index is 12.5. The van der Waals surface area contributed by atoms with Gasteiger partial charge in [0.1, 0.15) is 0 Å². The Morgan fingerprint density at radius 2 is 1.88 bits per heavy atom. The van der Waals surface area contributed by atoms with E-state index in [2.05, 4.69) is 0 Å². The van der Waals surface area contributed by atoms with Gasteiger partial charge in [-0.25, -0.2) is 0 Å². The smallest absolute Gasteiger partial charge is 0.260 e. The van der Waals surface area contributed by atoms with Crippen molar-refractivity contribution in [2.24, 2.45) is 0 Å². The number of nitrogens with zero attached hydrogens (tertiary/aromatic N) is 1. The van der Waals surface area contributed by atoms with E-state index in [1.54, 1.807) is 12.0 Å².